The maximum absolute atomic E-state index is 9.45. The van der Waals surface area contributed by atoms with E-state index in [0.717, 1.165) is 22.3 Å². The number of aromatic nitrogens is 2. The van der Waals surface area contributed by atoms with Crippen molar-refractivity contribution in [3.8, 4) is 5.69 Å². The lowest BCUT2D eigenvalue weighted by atomic mass is 10.1. The van der Waals surface area contributed by atoms with Crippen molar-refractivity contribution in [2.75, 3.05) is 0 Å². The first-order valence-corrected chi connectivity index (χ1v) is 5.92. The number of aliphatic hydroxyl groups is 1. The Balaban J connectivity index is 2.29. The Hall–Kier alpha value is -2.13. The molecule has 0 saturated carbocycles. The van der Waals surface area contributed by atoms with E-state index in [2.05, 4.69) is 11.1 Å². The molecule has 2 heterocycles. The molecule has 0 aliphatic carbocycles. The second kappa shape index (κ2) is 4.27. The lowest BCUT2D eigenvalue weighted by molar-refractivity contribution is 0.281. The zero-order valence-corrected chi connectivity index (χ0v) is 10.2. The van der Waals surface area contributed by atoms with Gasteiger partial charge >= 0.3 is 0 Å². The molecule has 0 atom stereocenters. The largest absolute Gasteiger partial charge is 0.392 e. The molecule has 0 aliphatic heterocycles. The van der Waals surface area contributed by atoms with Crippen molar-refractivity contribution in [3.05, 3.63) is 59.9 Å². The van der Waals surface area contributed by atoms with Gasteiger partial charge < -0.3 is 9.67 Å². The molecule has 3 heteroatoms. The Bertz CT molecular complexity index is 701. The van der Waals surface area contributed by atoms with E-state index < -0.39 is 0 Å². The summed E-state index contributed by atoms with van der Waals surface area (Å²) in [6.45, 7) is 2.08. The smallest absolute Gasteiger partial charge is 0.144 e. The third kappa shape index (κ3) is 1.69. The number of pyridine rings is 1. The molecule has 3 rings (SSSR count). The minimum atomic E-state index is 0.0299. The molecule has 1 N–H and O–H groups in total. The summed E-state index contributed by atoms with van der Waals surface area (Å²) in [7, 11) is 0. The highest BCUT2D eigenvalue weighted by Crippen LogP contribution is 2.22. The topological polar surface area (TPSA) is 38.0 Å². The van der Waals surface area contributed by atoms with Crippen LogP contribution < -0.4 is 0 Å². The maximum atomic E-state index is 9.45. The van der Waals surface area contributed by atoms with Crippen LogP contribution in [0.3, 0.4) is 0 Å². The number of rotatable bonds is 2. The zero-order chi connectivity index (χ0) is 12.5. The number of hydrogen-bond donors (Lipinski definition) is 1. The molecule has 90 valence electrons. The first kappa shape index (κ1) is 11.0. The summed E-state index contributed by atoms with van der Waals surface area (Å²) >= 11 is 0. The van der Waals surface area contributed by atoms with Gasteiger partial charge in [0.05, 0.1) is 12.3 Å². The summed E-state index contributed by atoms with van der Waals surface area (Å²) in [4.78, 5) is 4.40. The van der Waals surface area contributed by atoms with Crippen LogP contribution in [0.15, 0.2) is 48.8 Å². The fourth-order valence-electron chi connectivity index (χ4n) is 2.19. The van der Waals surface area contributed by atoms with Crippen molar-refractivity contribution in [2.24, 2.45) is 0 Å². The maximum Gasteiger partial charge on any atom is 0.144 e. The summed E-state index contributed by atoms with van der Waals surface area (Å²) in [5.74, 6) is 0. The lowest BCUT2D eigenvalue weighted by Gasteiger charge is -2.10. The molecule has 0 aliphatic rings. The van der Waals surface area contributed by atoms with Gasteiger partial charge in [-0.2, -0.15) is 0 Å². The van der Waals surface area contributed by atoms with E-state index in [1.807, 2.05) is 48.0 Å². The number of aryl methyl sites for hydroxylation is 1. The quantitative estimate of drug-likeness (QED) is 0.745. The van der Waals surface area contributed by atoms with E-state index in [4.69, 9.17) is 0 Å². The third-order valence-electron chi connectivity index (χ3n) is 3.12. The molecule has 3 aromatic rings. The van der Waals surface area contributed by atoms with E-state index in [1.165, 1.54) is 5.56 Å². The van der Waals surface area contributed by atoms with Crippen molar-refractivity contribution < 1.29 is 5.11 Å². The molecule has 18 heavy (non-hydrogen) atoms. The van der Waals surface area contributed by atoms with Crippen molar-refractivity contribution in [1.29, 1.82) is 0 Å². The van der Waals surface area contributed by atoms with Gasteiger partial charge in [0.1, 0.15) is 5.65 Å². The van der Waals surface area contributed by atoms with Gasteiger partial charge in [-0.05, 0) is 36.8 Å². The Kier molecular flexibility index (Phi) is 2.61. The second-order valence-electron chi connectivity index (χ2n) is 4.39. The third-order valence-corrected chi connectivity index (χ3v) is 3.12. The molecule has 0 saturated heterocycles. The van der Waals surface area contributed by atoms with Crippen LogP contribution in [0.4, 0.5) is 0 Å². The summed E-state index contributed by atoms with van der Waals surface area (Å²) < 4.78 is 2.02. The Morgan fingerprint density at radius 2 is 2.11 bits per heavy atom. The molecular weight excluding hydrogens is 224 g/mol. The van der Waals surface area contributed by atoms with Crippen LogP contribution in [0.5, 0.6) is 0 Å². The van der Waals surface area contributed by atoms with Crippen molar-refractivity contribution >= 4 is 11.0 Å². The van der Waals surface area contributed by atoms with Crippen molar-refractivity contribution in [1.82, 2.24) is 9.55 Å². The number of hydrogen-bond acceptors (Lipinski definition) is 2. The molecule has 0 fully saturated rings. The van der Waals surface area contributed by atoms with Crippen LogP contribution in [0.2, 0.25) is 0 Å². The van der Waals surface area contributed by atoms with Gasteiger partial charge in [0.2, 0.25) is 0 Å². The van der Waals surface area contributed by atoms with Gasteiger partial charge in [-0.15, -0.1) is 0 Å². The van der Waals surface area contributed by atoms with Gasteiger partial charge in [0.25, 0.3) is 0 Å². The number of benzene rings is 1. The normalized spacial score (nSPS) is 11.0. The molecule has 0 unspecified atom stereocenters. The molecule has 0 amide bonds. The Morgan fingerprint density at radius 1 is 1.22 bits per heavy atom. The van der Waals surface area contributed by atoms with Crippen LogP contribution in [-0.4, -0.2) is 14.7 Å². The Morgan fingerprint density at radius 3 is 2.94 bits per heavy atom. The van der Waals surface area contributed by atoms with Crippen LogP contribution >= 0.6 is 0 Å². The number of aliphatic hydroxyl groups excluding tert-OH is 1. The van der Waals surface area contributed by atoms with E-state index in [9.17, 15) is 5.11 Å². The van der Waals surface area contributed by atoms with Crippen molar-refractivity contribution in [3.63, 3.8) is 0 Å². The highest BCUT2D eigenvalue weighted by atomic mass is 16.3. The van der Waals surface area contributed by atoms with Crippen molar-refractivity contribution in [2.45, 2.75) is 13.5 Å². The fraction of sp³-hybridized carbons (Fsp3) is 0.133. The summed E-state index contributed by atoms with van der Waals surface area (Å²) in [5.41, 5.74) is 3.98. The fourth-order valence-corrected chi connectivity index (χ4v) is 2.19. The predicted octanol–water partition coefficient (Wildman–Crippen LogP) is 2.83. The first-order chi connectivity index (χ1) is 8.79. The molecule has 2 aromatic heterocycles. The number of fused-ring (bicyclic) bond motifs is 1. The van der Waals surface area contributed by atoms with E-state index in [-0.39, 0.29) is 6.61 Å². The highest BCUT2D eigenvalue weighted by Gasteiger charge is 2.08. The van der Waals surface area contributed by atoms with Crippen LogP contribution in [0, 0.1) is 6.92 Å². The second-order valence-corrected chi connectivity index (χ2v) is 4.39. The van der Waals surface area contributed by atoms with Gasteiger partial charge in [0, 0.05) is 23.3 Å². The minimum Gasteiger partial charge on any atom is -0.392 e. The summed E-state index contributed by atoms with van der Waals surface area (Å²) in [6.07, 6.45) is 3.78. The van der Waals surface area contributed by atoms with E-state index in [1.54, 1.807) is 6.20 Å². The van der Waals surface area contributed by atoms with Gasteiger partial charge in [0.15, 0.2) is 0 Å². The zero-order valence-electron chi connectivity index (χ0n) is 10.2. The molecular formula is C15H14N2O. The number of nitrogens with zero attached hydrogens (tertiary/aromatic N) is 2. The molecule has 1 aromatic carbocycles. The van der Waals surface area contributed by atoms with E-state index in [0.29, 0.717) is 0 Å². The van der Waals surface area contributed by atoms with E-state index >= 15 is 0 Å². The Labute approximate surface area is 105 Å². The average molecular weight is 238 g/mol. The average Bonchev–Trinajstić information content (AvgIpc) is 2.82. The molecule has 0 radical (unpaired) electrons. The van der Waals surface area contributed by atoms with Crippen LogP contribution in [0.25, 0.3) is 16.7 Å². The molecule has 0 spiro atoms. The van der Waals surface area contributed by atoms with Gasteiger partial charge in [-0.25, -0.2) is 4.98 Å². The molecule has 0 bridgehead atoms. The van der Waals surface area contributed by atoms with Crippen LogP contribution in [0.1, 0.15) is 11.1 Å². The summed E-state index contributed by atoms with van der Waals surface area (Å²) in [5, 5.41) is 10.5. The monoisotopic (exact) mass is 238 g/mol. The summed E-state index contributed by atoms with van der Waals surface area (Å²) in [6, 6.07) is 12.0. The highest BCUT2D eigenvalue weighted by molar-refractivity contribution is 5.78. The SMILES string of the molecule is Cc1ccc(CO)c(-n2ccc3cccnc32)c1. The lowest BCUT2D eigenvalue weighted by Crippen LogP contribution is -2.00. The minimum absolute atomic E-state index is 0.0299. The standard InChI is InChI=1S/C15H14N2O/c1-11-4-5-13(10-18)14(9-11)17-8-6-12-3-2-7-16-15(12)17/h2-9,18H,10H2,1H3. The predicted molar refractivity (Wildman–Crippen MR) is 71.7 cm³/mol. The first-order valence-electron chi connectivity index (χ1n) is 5.92. The molecule has 3 nitrogen and oxygen atoms in total. The van der Waals surface area contributed by atoms with Crippen LogP contribution in [-0.2, 0) is 6.61 Å². The van der Waals surface area contributed by atoms with Gasteiger partial charge in [-0.1, -0.05) is 12.1 Å². The van der Waals surface area contributed by atoms with Gasteiger partial charge in [-0.3, -0.25) is 0 Å².